The van der Waals surface area contributed by atoms with Gasteiger partial charge in [0, 0.05) is 24.8 Å². The molecule has 1 fully saturated rings. The first-order chi connectivity index (χ1) is 8.00. The van der Waals surface area contributed by atoms with E-state index in [4.69, 9.17) is 22.7 Å². The number of amidine groups is 1. The number of hydrogen-bond donors (Lipinski definition) is 4. The summed E-state index contributed by atoms with van der Waals surface area (Å²) < 4.78 is 0. The zero-order chi connectivity index (χ0) is 12.6. The van der Waals surface area contributed by atoms with E-state index in [2.05, 4.69) is 4.98 Å². The lowest BCUT2D eigenvalue weighted by molar-refractivity contribution is 0.0572. The van der Waals surface area contributed by atoms with Gasteiger partial charge in [-0.3, -0.25) is 5.41 Å². The minimum atomic E-state index is -0.811. The summed E-state index contributed by atoms with van der Waals surface area (Å²) in [7, 11) is 0. The number of β-amino-alcohol motifs (C(OH)–C–C–N with tert-alkyl or cyclic N) is 2. The Morgan fingerprint density at radius 3 is 2.59 bits per heavy atom. The summed E-state index contributed by atoms with van der Waals surface area (Å²) in [5, 5.41) is 26.6. The fraction of sp³-hybridized carbons (Fsp3) is 0.400. The van der Waals surface area contributed by atoms with E-state index in [-0.39, 0.29) is 23.9 Å². The Labute approximate surface area is 103 Å². The summed E-state index contributed by atoms with van der Waals surface area (Å²) in [4.78, 5) is 5.76. The zero-order valence-corrected chi connectivity index (χ0v) is 9.72. The van der Waals surface area contributed by atoms with Crippen LogP contribution in [-0.4, -0.2) is 46.3 Å². The molecule has 1 saturated heterocycles. The number of aliphatic hydroxyl groups excluding tert-OH is 2. The number of hydrogen-bond acceptors (Lipinski definition) is 5. The Morgan fingerprint density at radius 2 is 2.06 bits per heavy atom. The van der Waals surface area contributed by atoms with Gasteiger partial charge in [-0.2, -0.15) is 0 Å². The highest BCUT2D eigenvalue weighted by Gasteiger charge is 2.31. The van der Waals surface area contributed by atoms with Gasteiger partial charge in [-0.1, -0.05) is 11.6 Å². The average Bonchev–Trinajstić information content (AvgIpc) is 2.59. The number of nitrogens with zero attached hydrogens (tertiary/aromatic N) is 2. The first-order valence-corrected chi connectivity index (χ1v) is 5.48. The van der Waals surface area contributed by atoms with Crippen LogP contribution in [0.2, 0.25) is 5.02 Å². The van der Waals surface area contributed by atoms with Gasteiger partial charge in [-0.05, 0) is 6.07 Å². The van der Waals surface area contributed by atoms with Crippen LogP contribution in [0.15, 0.2) is 12.3 Å². The predicted octanol–water partition coefficient (Wildman–Crippen LogP) is -0.439. The molecule has 1 aliphatic heterocycles. The Bertz CT molecular complexity index is 444. The normalized spacial score (nSPS) is 24.1. The molecule has 7 heteroatoms. The first kappa shape index (κ1) is 12.1. The summed E-state index contributed by atoms with van der Waals surface area (Å²) in [6, 6.07) is 1.55. The molecule has 0 bridgehead atoms. The van der Waals surface area contributed by atoms with Crippen LogP contribution in [0, 0.1) is 5.41 Å². The van der Waals surface area contributed by atoms with Gasteiger partial charge in [0.25, 0.3) is 0 Å². The fourth-order valence-corrected chi connectivity index (χ4v) is 2.14. The number of aromatic nitrogens is 1. The molecule has 0 aliphatic carbocycles. The van der Waals surface area contributed by atoms with Crippen LogP contribution in [0.1, 0.15) is 5.56 Å². The number of pyridine rings is 1. The summed E-state index contributed by atoms with van der Waals surface area (Å²) in [5.74, 6) is 0.286. The molecule has 0 amide bonds. The molecule has 6 nitrogen and oxygen atoms in total. The van der Waals surface area contributed by atoms with Crippen molar-refractivity contribution in [3.63, 3.8) is 0 Å². The van der Waals surface area contributed by atoms with Gasteiger partial charge in [0.15, 0.2) is 0 Å². The molecule has 2 unspecified atom stereocenters. The Morgan fingerprint density at radius 1 is 1.47 bits per heavy atom. The van der Waals surface area contributed by atoms with E-state index in [0.29, 0.717) is 11.4 Å². The maximum atomic E-state index is 9.47. The smallest absolute Gasteiger partial charge is 0.148 e. The van der Waals surface area contributed by atoms with Gasteiger partial charge in [0.1, 0.15) is 11.7 Å². The molecule has 0 saturated carbocycles. The number of rotatable bonds is 2. The van der Waals surface area contributed by atoms with Gasteiger partial charge >= 0.3 is 0 Å². The van der Waals surface area contributed by atoms with Crippen molar-refractivity contribution in [2.45, 2.75) is 12.2 Å². The second-order valence-corrected chi connectivity index (χ2v) is 4.33. The quantitative estimate of drug-likeness (QED) is 0.424. The van der Waals surface area contributed by atoms with Crippen molar-refractivity contribution in [1.29, 1.82) is 5.41 Å². The highest BCUT2D eigenvalue weighted by atomic mass is 35.5. The lowest BCUT2D eigenvalue weighted by Crippen LogP contribution is -2.23. The van der Waals surface area contributed by atoms with Crippen molar-refractivity contribution in [2.75, 3.05) is 18.0 Å². The molecule has 0 spiro atoms. The minimum Gasteiger partial charge on any atom is -0.389 e. The maximum Gasteiger partial charge on any atom is 0.148 e. The van der Waals surface area contributed by atoms with E-state index in [1.165, 1.54) is 6.20 Å². The molecule has 2 rings (SSSR count). The van der Waals surface area contributed by atoms with Gasteiger partial charge in [0.05, 0.1) is 17.2 Å². The molecule has 5 N–H and O–H groups in total. The first-order valence-electron chi connectivity index (χ1n) is 5.10. The monoisotopic (exact) mass is 256 g/mol. The second-order valence-electron chi connectivity index (χ2n) is 3.95. The van der Waals surface area contributed by atoms with Crippen molar-refractivity contribution >= 4 is 23.3 Å². The van der Waals surface area contributed by atoms with E-state index < -0.39 is 12.2 Å². The largest absolute Gasteiger partial charge is 0.389 e. The van der Waals surface area contributed by atoms with Crippen molar-refractivity contribution in [2.24, 2.45) is 5.73 Å². The van der Waals surface area contributed by atoms with Gasteiger partial charge < -0.3 is 20.8 Å². The van der Waals surface area contributed by atoms with E-state index in [9.17, 15) is 10.2 Å². The molecule has 0 radical (unpaired) electrons. The van der Waals surface area contributed by atoms with E-state index in [0.717, 1.165) is 0 Å². The molecule has 2 atom stereocenters. The SMILES string of the molecule is N=C(N)c1ccnc(N2CC(O)C(O)C2)c1Cl. The molecule has 1 aliphatic rings. The van der Waals surface area contributed by atoms with Crippen LogP contribution in [0.5, 0.6) is 0 Å². The Balaban J connectivity index is 2.34. The highest BCUT2D eigenvalue weighted by Crippen LogP contribution is 2.29. The van der Waals surface area contributed by atoms with E-state index in [1.54, 1.807) is 11.0 Å². The van der Waals surface area contributed by atoms with Crippen molar-refractivity contribution < 1.29 is 10.2 Å². The molecule has 17 heavy (non-hydrogen) atoms. The zero-order valence-electron chi connectivity index (χ0n) is 8.97. The number of aliphatic hydroxyl groups is 2. The third-order valence-electron chi connectivity index (χ3n) is 2.72. The molecule has 92 valence electrons. The molecule has 2 heterocycles. The van der Waals surface area contributed by atoms with Crippen LogP contribution < -0.4 is 10.6 Å². The second kappa shape index (κ2) is 4.48. The van der Waals surface area contributed by atoms with Gasteiger partial charge in [-0.25, -0.2) is 4.98 Å². The summed E-state index contributed by atoms with van der Waals surface area (Å²) >= 11 is 6.09. The lowest BCUT2D eigenvalue weighted by Gasteiger charge is -2.18. The number of nitrogens with one attached hydrogen (secondary N) is 1. The molecule has 0 aromatic carbocycles. The average molecular weight is 257 g/mol. The van der Waals surface area contributed by atoms with Crippen LogP contribution in [0.3, 0.4) is 0 Å². The van der Waals surface area contributed by atoms with E-state index in [1.807, 2.05) is 0 Å². The van der Waals surface area contributed by atoms with Gasteiger partial charge in [0.2, 0.25) is 0 Å². The number of halogens is 1. The number of nitrogen functional groups attached to an aromatic ring is 1. The Kier molecular flexibility index (Phi) is 3.19. The third kappa shape index (κ3) is 2.19. The van der Waals surface area contributed by atoms with Gasteiger partial charge in [-0.15, -0.1) is 0 Å². The van der Waals surface area contributed by atoms with Crippen molar-refractivity contribution in [3.8, 4) is 0 Å². The highest BCUT2D eigenvalue weighted by molar-refractivity contribution is 6.36. The standard InChI is InChI=1S/C10H13ClN4O2/c11-8-5(9(12)13)1-2-14-10(8)15-3-6(16)7(17)4-15/h1-2,6-7,16-17H,3-4H2,(H3,12,13). The molecular weight excluding hydrogens is 244 g/mol. The van der Waals surface area contributed by atoms with Crippen molar-refractivity contribution in [1.82, 2.24) is 4.98 Å². The maximum absolute atomic E-state index is 9.47. The lowest BCUT2D eigenvalue weighted by atomic mass is 10.2. The third-order valence-corrected chi connectivity index (χ3v) is 3.09. The molecule has 1 aromatic heterocycles. The van der Waals surface area contributed by atoms with Crippen molar-refractivity contribution in [3.05, 3.63) is 22.8 Å². The fourth-order valence-electron chi connectivity index (χ4n) is 1.80. The predicted molar refractivity (Wildman–Crippen MR) is 64.5 cm³/mol. The summed E-state index contributed by atoms with van der Waals surface area (Å²) in [6.45, 7) is 0.518. The van der Waals surface area contributed by atoms with E-state index >= 15 is 0 Å². The molecular formula is C10H13ClN4O2. The van der Waals surface area contributed by atoms with Crippen LogP contribution in [0.25, 0.3) is 0 Å². The van der Waals surface area contributed by atoms with Crippen LogP contribution in [0.4, 0.5) is 5.82 Å². The number of anilines is 1. The summed E-state index contributed by atoms with van der Waals surface area (Å²) in [6.07, 6.45) is -0.127. The number of nitrogens with two attached hydrogens (primary N) is 1. The Hall–Kier alpha value is -1.37. The van der Waals surface area contributed by atoms with Crippen LogP contribution >= 0.6 is 11.6 Å². The topological polar surface area (TPSA) is 106 Å². The minimum absolute atomic E-state index is 0.140. The summed E-state index contributed by atoms with van der Waals surface area (Å²) in [5.41, 5.74) is 5.79. The van der Waals surface area contributed by atoms with Crippen LogP contribution in [-0.2, 0) is 0 Å². The molecule has 1 aromatic rings.